The van der Waals surface area contributed by atoms with Crippen LogP contribution in [0.15, 0.2) is 45.6 Å². The van der Waals surface area contributed by atoms with Crippen molar-refractivity contribution in [1.29, 1.82) is 0 Å². The van der Waals surface area contributed by atoms with Crippen molar-refractivity contribution in [3.8, 4) is 22.6 Å². The summed E-state index contributed by atoms with van der Waals surface area (Å²) >= 11 is 0. The van der Waals surface area contributed by atoms with Crippen molar-refractivity contribution in [3.63, 3.8) is 0 Å². The van der Waals surface area contributed by atoms with Gasteiger partial charge in [0.15, 0.2) is 11.5 Å². The second-order valence-corrected chi connectivity index (χ2v) is 6.80. The quantitative estimate of drug-likeness (QED) is 0.756. The van der Waals surface area contributed by atoms with Gasteiger partial charge in [0.05, 0.1) is 10.9 Å². The molecule has 0 radical (unpaired) electrons. The molecule has 1 aliphatic heterocycles. The highest BCUT2D eigenvalue weighted by molar-refractivity contribution is 5.97. The molecule has 0 unspecified atom stereocenters. The van der Waals surface area contributed by atoms with E-state index in [1.807, 2.05) is 19.1 Å². The molecule has 1 amide bonds. The Morgan fingerprint density at radius 3 is 2.67 bits per heavy atom. The van der Waals surface area contributed by atoms with E-state index in [0.717, 1.165) is 5.56 Å². The first-order chi connectivity index (χ1) is 13.0. The van der Waals surface area contributed by atoms with Crippen molar-refractivity contribution in [3.05, 3.63) is 52.2 Å². The fourth-order valence-electron chi connectivity index (χ4n) is 3.02. The Morgan fingerprint density at radius 2 is 1.89 bits per heavy atom. The van der Waals surface area contributed by atoms with Gasteiger partial charge in [-0.3, -0.25) is 14.9 Å². The van der Waals surface area contributed by atoms with Gasteiger partial charge in [-0.15, -0.1) is 0 Å². The zero-order valence-corrected chi connectivity index (χ0v) is 15.3. The fourth-order valence-corrected chi connectivity index (χ4v) is 3.02. The minimum Gasteiger partial charge on any atom is -0.454 e. The Balaban J connectivity index is 1.98. The van der Waals surface area contributed by atoms with Gasteiger partial charge in [-0.25, -0.2) is 0 Å². The molecule has 4 rings (SSSR count). The van der Waals surface area contributed by atoms with Crippen molar-refractivity contribution in [1.82, 2.24) is 0 Å². The second kappa shape index (κ2) is 6.46. The molecule has 1 N–H and O–H groups in total. The van der Waals surface area contributed by atoms with Crippen molar-refractivity contribution in [2.75, 3.05) is 12.1 Å². The molecule has 1 aliphatic rings. The van der Waals surface area contributed by atoms with Gasteiger partial charge < -0.3 is 13.9 Å². The molecule has 0 fully saturated rings. The number of anilines is 1. The van der Waals surface area contributed by atoms with E-state index in [1.165, 1.54) is 0 Å². The number of nitrogens with one attached hydrogen (secondary N) is 1. The average Bonchev–Trinajstić information content (AvgIpc) is 3.10. The highest BCUT2D eigenvalue weighted by Crippen LogP contribution is 2.38. The Hall–Kier alpha value is -3.28. The normalized spacial score (nSPS) is 12.6. The lowest BCUT2D eigenvalue weighted by atomic mass is 10.0. The number of para-hydroxylation sites is 1. The molecule has 0 saturated heterocycles. The van der Waals surface area contributed by atoms with Gasteiger partial charge >= 0.3 is 0 Å². The van der Waals surface area contributed by atoms with Gasteiger partial charge in [0.2, 0.25) is 24.0 Å². The smallest absolute Gasteiger partial charge is 0.231 e. The molecular formula is C21H19NO5. The summed E-state index contributed by atoms with van der Waals surface area (Å²) in [4.78, 5) is 25.6. The average molecular weight is 365 g/mol. The first-order valence-corrected chi connectivity index (χ1v) is 8.73. The van der Waals surface area contributed by atoms with E-state index in [-0.39, 0.29) is 29.9 Å². The van der Waals surface area contributed by atoms with E-state index in [1.54, 1.807) is 38.1 Å². The van der Waals surface area contributed by atoms with E-state index in [9.17, 15) is 9.59 Å². The van der Waals surface area contributed by atoms with Crippen LogP contribution < -0.4 is 20.2 Å². The number of fused-ring (bicyclic) bond motifs is 2. The van der Waals surface area contributed by atoms with E-state index in [0.29, 0.717) is 33.6 Å². The van der Waals surface area contributed by atoms with Crippen LogP contribution in [0.25, 0.3) is 22.1 Å². The van der Waals surface area contributed by atoms with Gasteiger partial charge in [0, 0.05) is 5.92 Å². The van der Waals surface area contributed by atoms with Gasteiger partial charge in [-0.2, -0.15) is 0 Å². The summed E-state index contributed by atoms with van der Waals surface area (Å²) in [5, 5.41) is 3.22. The van der Waals surface area contributed by atoms with E-state index in [2.05, 4.69) is 5.32 Å². The third kappa shape index (κ3) is 2.93. The molecule has 0 saturated carbocycles. The molecule has 2 aromatic carbocycles. The van der Waals surface area contributed by atoms with Crippen LogP contribution in [-0.4, -0.2) is 12.7 Å². The Bertz CT molecular complexity index is 1110. The first-order valence-electron chi connectivity index (χ1n) is 8.73. The summed E-state index contributed by atoms with van der Waals surface area (Å²) in [6.45, 7) is 5.56. The molecule has 6 nitrogen and oxygen atoms in total. The third-order valence-electron chi connectivity index (χ3n) is 4.54. The van der Waals surface area contributed by atoms with Gasteiger partial charge in [-0.05, 0) is 36.2 Å². The predicted octanol–water partition coefficient (Wildman–Crippen LogP) is 4.09. The summed E-state index contributed by atoms with van der Waals surface area (Å²) in [6.07, 6.45) is 0. The van der Waals surface area contributed by atoms with Crippen molar-refractivity contribution < 1.29 is 18.7 Å². The molecule has 2 heterocycles. The minimum atomic E-state index is -0.257. The lowest BCUT2D eigenvalue weighted by molar-refractivity contribution is -0.119. The maximum Gasteiger partial charge on any atom is 0.231 e. The summed E-state index contributed by atoms with van der Waals surface area (Å²) in [6, 6.07) is 10.6. The number of carbonyl (C=O) groups excluding carboxylic acids is 1. The monoisotopic (exact) mass is 365 g/mol. The second-order valence-electron chi connectivity index (χ2n) is 6.80. The molecule has 6 heteroatoms. The molecule has 0 aliphatic carbocycles. The van der Waals surface area contributed by atoms with Crippen LogP contribution in [0.2, 0.25) is 0 Å². The lowest BCUT2D eigenvalue weighted by Crippen LogP contribution is -2.20. The number of carbonyl (C=O) groups is 1. The molecule has 27 heavy (non-hydrogen) atoms. The van der Waals surface area contributed by atoms with Crippen LogP contribution in [0.1, 0.15) is 19.4 Å². The van der Waals surface area contributed by atoms with Crippen LogP contribution >= 0.6 is 0 Å². The largest absolute Gasteiger partial charge is 0.454 e. The lowest BCUT2D eigenvalue weighted by Gasteiger charge is -2.13. The van der Waals surface area contributed by atoms with Crippen molar-refractivity contribution >= 4 is 22.8 Å². The number of rotatable bonds is 3. The standard InChI is InChI=1S/C21H19NO5/c1-11(2)20(24)22-21-17(13-7-8-15-16(9-13)26-10-25-15)18(23)14-6-4-5-12(3)19(14)27-21/h4-9,11H,10H2,1-3H3,(H,22,24). The SMILES string of the molecule is Cc1cccc2c(=O)c(-c3ccc4c(c3)OCO4)c(NC(=O)C(C)C)oc12. The van der Waals surface area contributed by atoms with Crippen molar-refractivity contribution in [2.24, 2.45) is 5.92 Å². The van der Waals surface area contributed by atoms with Gasteiger partial charge in [0.1, 0.15) is 5.58 Å². The number of amides is 1. The molecule has 3 aromatic rings. The third-order valence-corrected chi connectivity index (χ3v) is 4.54. The van der Waals surface area contributed by atoms with Crippen molar-refractivity contribution in [2.45, 2.75) is 20.8 Å². The number of hydrogen-bond donors (Lipinski definition) is 1. The summed E-state index contributed by atoms with van der Waals surface area (Å²) in [5.74, 6) is 0.824. The summed E-state index contributed by atoms with van der Waals surface area (Å²) in [7, 11) is 0. The van der Waals surface area contributed by atoms with Gasteiger partial charge in [0.25, 0.3) is 0 Å². The highest BCUT2D eigenvalue weighted by Gasteiger charge is 2.22. The number of benzene rings is 2. The minimum absolute atomic E-state index is 0.138. The van der Waals surface area contributed by atoms with Crippen LogP contribution in [0.4, 0.5) is 5.88 Å². The zero-order chi connectivity index (χ0) is 19.1. The molecule has 0 spiro atoms. The molecule has 1 aromatic heterocycles. The van der Waals surface area contributed by atoms with Crippen LogP contribution in [-0.2, 0) is 4.79 Å². The summed E-state index contributed by atoms with van der Waals surface area (Å²) in [5.41, 5.74) is 1.96. The van der Waals surface area contributed by atoms with Gasteiger partial charge in [-0.1, -0.05) is 32.0 Å². The van der Waals surface area contributed by atoms with Crippen LogP contribution in [0.3, 0.4) is 0 Å². The van der Waals surface area contributed by atoms with E-state index >= 15 is 0 Å². The van der Waals surface area contributed by atoms with E-state index in [4.69, 9.17) is 13.9 Å². The summed E-state index contributed by atoms with van der Waals surface area (Å²) < 4.78 is 16.8. The molecule has 0 atom stereocenters. The highest BCUT2D eigenvalue weighted by atomic mass is 16.7. The topological polar surface area (TPSA) is 77.8 Å². The Morgan fingerprint density at radius 1 is 1.11 bits per heavy atom. The first kappa shape index (κ1) is 17.1. The Kier molecular flexibility index (Phi) is 4.11. The number of ether oxygens (including phenoxy) is 2. The fraction of sp³-hybridized carbons (Fsp3) is 0.238. The molecule has 138 valence electrons. The maximum atomic E-state index is 13.3. The van der Waals surface area contributed by atoms with E-state index < -0.39 is 0 Å². The maximum absolute atomic E-state index is 13.3. The number of aryl methyl sites for hydroxylation is 1. The number of hydrogen-bond acceptors (Lipinski definition) is 5. The zero-order valence-electron chi connectivity index (χ0n) is 15.3. The van der Waals surface area contributed by atoms with Crippen LogP contribution in [0.5, 0.6) is 11.5 Å². The molecular weight excluding hydrogens is 346 g/mol. The predicted molar refractivity (Wildman–Crippen MR) is 102 cm³/mol. The molecule has 0 bridgehead atoms. The Labute approximate surface area is 155 Å². The van der Waals surface area contributed by atoms with Crippen LogP contribution in [0, 0.1) is 12.8 Å².